The number of rotatable bonds is 9. The van der Waals surface area contributed by atoms with E-state index in [0.29, 0.717) is 31.8 Å². The summed E-state index contributed by atoms with van der Waals surface area (Å²) in [6.07, 6.45) is 1.78. The van der Waals surface area contributed by atoms with Gasteiger partial charge in [0.25, 0.3) is 0 Å². The van der Waals surface area contributed by atoms with Crippen LogP contribution in [0.2, 0.25) is 0 Å². The topological polar surface area (TPSA) is 106 Å². The second kappa shape index (κ2) is 12.1. The molecule has 4 rings (SSSR count). The molecule has 2 aliphatic heterocycles. The highest BCUT2D eigenvalue weighted by atomic mass is 19.1. The Kier molecular flexibility index (Phi) is 8.89. The maximum atomic E-state index is 14.0. The van der Waals surface area contributed by atoms with Crippen molar-refractivity contribution in [2.45, 2.75) is 52.4 Å². The molecule has 0 N–H and O–H groups in total. The van der Waals surface area contributed by atoms with Gasteiger partial charge in [-0.15, -0.1) is 0 Å². The third-order valence-corrected chi connectivity index (χ3v) is 7.14. The highest BCUT2D eigenvalue weighted by molar-refractivity contribution is 6.06. The molecule has 10 nitrogen and oxygen atoms in total. The van der Waals surface area contributed by atoms with Crippen molar-refractivity contribution in [3.63, 3.8) is 0 Å². The Bertz CT molecular complexity index is 1090. The fourth-order valence-electron chi connectivity index (χ4n) is 5.51. The summed E-state index contributed by atoms with van der Waals surface area (Å²) in [6.45, 7) is 10.1. The zero-order chi connectivity index (χ0) is 28.3. The van der Waals surface area contributed by atoms with E-state index in [1.807, 2.05) is 13.8 Å². The summed E-state index contributed by atoms with van der Waals surface area (Å²) in [4.78, 5) is 55.3. The molecule has 3 aliphatic rings. The van der Waals surface area contributed by atoms with Crippen LogP contribution in [0.4, 0.5) is 10.1 Å². The molecule has 2 fully saturated rings. The monoisotopic (exact) mass is 545 g/mol. The van der Waals surface area contributed by atoms with Gasteiger partial charge in [0.2, 0.25) is 11.8 Å². The van der Waals surface area contributed by atoms with E-state index in [9.17, 15) is 23.6 Å². The lowest BCUT2D eigenvalue weighted by molar-refractivity contribution is -0.157. The summed E-state index contributed by atoms with van der Waals surface area (Å²) in [5, 5.41) is 0. The third kappa shape index (κ3) is 6.58. The number of esters is 2. The number of hydrogen-bond donors (Lipinski definition) is 0. The van der Waals surface area contributed by atoms with Gasteiger partial charge in [-0.1, -0.05) is 0 Å². The zero-order valence-corrected chi connectivity index (χ0v) is 22.8. The quantitative estimate of drug-likeness (QED) is 0.262. The molecule has 39 heavy (non-hydrogen) atoms. The lowest BCUT2D eigenvalue weighted by Gasteiger charge is -2.37. The maximum Gasteiger partial charge on any atom is 0.303 e. The molecular formula is C28H36FN3O7. The minimum atomic E-state index is -0.923. The molecular weight excluding hydrogens is 509 g/mol. The van der Waals surface area contributed by atoms with Crippen molar-refractivity contribution < 1.29 is 37.8 Å². The SMILES string of the molecule is CC(=O)OC1C=CC(OC(C)=O)C2C(=O)N(CCCN3CCN(c4cc(F)ccc4OC(C)C)CC3)C(=O)C12. The second-order valence-corrected chi connectivity index (χ2v) is 10.4. The first-order valence-electron chi connectivity index (χ1n) is 13.4. The molecule has 1 aliphatic carbocycles. The van der Waals surface area contributed by atoms with Gasteiger partial charge in [-0.2, -0.15) is 0 Å². The van der Waals surface area contributed by atoms with Gasteiger partial charge in [-0.05, 0) is 51.1 Å². The van der Waals surface area contributed by atoms with Gasteiger partial charge in [-0.3, -0.25) is 29.0 Å². The smallest absolute Gasteiger partial charge is 0.303 e. The highest BCUT2D eigenvalue weighted by Gasteiger charge is 2.56. The molecule has 4 unspecified atom stereocenters. The van der Waals surface area contributed by atoms with Gasteiger partial charge >= 0.3 is 11.9 Å². The Hall–Kier alpha value is -3.47. The molecule has 0 bridgehead atoms. The number of fused-ring (bicyclic) bond motifs is 1. The van der Waals surface area contributed by atoms with E-state index in [0.717, 1.165) is 18.8 Å². The van der Waals surface area contributed by atoms with E-state index >= 15 is 0 Å². The van der Waals surface area contributed by atoms with E-state index in [4.69, 9.17) is 14.2 Å². The fourth-order valence-corrected chi connectivity index (χ4v) is 5.51. The van der Waals surface area contributed by atoms with Gasteiger partial charge in [0.15, 0.2) is 0 Å². The Morgan fingerprint density at radius 1 is 0.923 bits per heavy atom. The number of benzene rings is 1. The number of hydrogen-bond acceptors (Lipinski definition) is 9. The number of carbonyl (C=O) groups excluding carboxylic acids is 4. The number of amides is 2. The minimum Gasteiger partial charge on any atom is -0.489 e. The molecule has 0 saturated carbocycles. The van der Waals surface area contributed by atoms with Crippen molar-refractivity contribution in [3.05, 3.63) is 36.2 Å². The zero-order valence-electron chi connectivity index (χ0n) is 22.8. The Morgan fingerprint density at radius 3 is 2.00 bits per heavy atom. The predicted molar refractivity (Wildman–Crippen MR) is 139 cm³/mol. The average Bonchev–Trinajstić information content (AvgIpc) is 3.12. The Morgan fingerprint density at radius 2 is 1.49 bits per heavy atom. The van der Waals surface area contributed by atoms with Crippen LogP contribution in [0.5, 0.6) is 5.75 Å². The Balaban J connectivity index is 1.34. The van der Waals surface area contributed by atoms with Crippen molar-refractivity contribution in [3.8, 4) is 5.75 Å². The van der Waals surface area contributed by atoms with Crippen LogP contribution in [0.15, 0.2) is 30.4 Å². The van der Waals surface area contributed by atoms with Crippen LogP contribution in [-0.2, 0) is 28.7 Å². The van der Waals surface area contributed by atoms with Crippen LogP contribution in [0.25, 0.3) is 0 Å². The average molecular weight is 546 g/mol. The van der Waals surface area contributed by atoms with Crippen molar-refractivity contribution in [2.75, 3.05) is 44.2 Å². The molecule has 0 aromatic heterocycles. The summed E-state index contributed by atoms with van der Waals surface area (Å²) in [6, 6.07) is 4.55. The van der Waals surface area contributed by atoms with E-state index < -0.39 is 47.8 Å². The van der Waals surface area contributed by atoms with Gasteiger partial charge < -0.3 is 19.1 Å². The fraction of sp³-hybridized carbons (Fsp3) is 0.571. The number of anilines is 1. The van der Waals surface area contributed by atoms with Gasteiger partial charge in [-0.25, -0.2) is 4.39 Å². The standard InChI is InChI=1S/C28H36FN3O7/c1-17(2)37-22-7-6-20(29)16-21(22)31-14-12-30(13-15-31)10-5-11-32-27(35)25-23(38-18(3)33)8-9-24(39-19(4)34)26(25)28(32)36/h6-9,16-17,23-26H,5,10-15H2,1-4H3. The number of imide groups is 1. The van der Waals surface area contributed by atoms with Crippen molar-refractivity contribution in [1.29, 1.82) is 0 Å². The van der Waals surface area contributed by atoms with Crippen LogP contribution in [0.3, 0.4) is 0 Å². The van der Waals surface area contributed by atoms with Crippen LogP contribution >= 0.6 is 0 Å². The highest BCUT2D eigenvalue weighted by Crippen LogP contribution is 2.38. The first-order chi connectivity index (χ1) is 18.5. The molecule has 1 aromatic carbocycles. The van der Waals surface area contributed by atoms with E-state index in [-0.39, 0.29) is 18.5 Å². The van der Waals surface area contributed by atoms with Gasteiger partial charge in [0.05, 0.1) is 23.6 Å². The van der Waals surface area contributed by atoms with Crippen molar-refractivity contribution in [1.82, 2.24) is 9.80 Å². The molecule has 212 valence electrons. The molecule has 2 heterocycles. The minimum absolute atomic E-state index is 0.0280. The van der Waals surface area contributed by atoms with Gasteiger partial charge in [0, 0.05) is 52.6 Å². The van der Waals surface area contributed by atoms with E-state index in [2.05, 4.69) is 9.80 Å². The number of halogens is 1. The molecule has 0 spiro atoms. The molecule has 4 atom stereocenters. The first kappa shape index (κ1) is 28.5. The van der Waals surface area contributed by atoms with E-state index in [1.54, 1.807) is 6.07 Å². The first-order valence-corrected chi connectivity index (χ1v) is 13.4. The van der Waals surface area contributed by atoms with Crippen LogP contribution in [0, 0.1) is 17.7 Å². The molecule has 1 aromatic rings. The van der Waals surface area contributed by atoms with Crippen molar-refractivity contribution in [2.24, 2.45) is 11.8 Å². The molecule has 2 amide bonds. The summed E-state index contributed by atoms with van der Waals surface area (Å²) in [7, 11) is 0. The largest absolute Gasteiger partial charge is 0.489 e. The number of carbonyl (C=O) groups is 4. The van der Waals surface area contributed by atoms with Crippen LogP contribution in [-0.4, -0.2) is 91.1 Å². The van der Waals surface area contributed by atoms with E-state index in [1.165, 1.54) is 43.0 Å². The van der Waals surface area contributed by atoms with Gasteiger partial charge in [0.1, 0.15) is 23.8 Å². The number of nitrogens with zero attached hydrogens (tertiary/aromatic N) is 3. The number of ether oxygens (including phenoxy) is 3. The lowest BCUT2D eigenvalue weighted by Crippen LogP contribution is -2.47. The predicted octanol–water partition coefficient (Wildman–Crippen LogP) is 2.16. The number of piperazine rings is 1. The third-order valence-electron chi connectivity index (χ3n) is 7.14. The molecule has 0 radical (unpaired) electrons. The Labute approximate surface area is 227 Å². The van der Waals surface area contributed by atoms with Crippen molar-refractivity contribution >= 4 is 29.4 Å². The van der Waals surface area contributed by atoms with Crippen LogP contribution < -0.4 is 9.64 Å². The lowest BCUT2D eigenvalue weighted by atomic mass is 9.81. The molecule has 2 saturated heterocycles. The number of likely N-dealkylation sites (tertiary alicyclic amines) is 1. The van der Waals surface area contributed by atoms with Crippen LogP contribution in [0.1, 0.15) is 34.1 Å². The summed E-state index contributed by atoms with van der Waals surface area (Å²) in [5.41, 5.74) is 0.734. The summed E-state index contributed by atoms with van der Waals surface area (Å²) >= 11 is 0. The maximum absolute atomic E-state index is 14.0. The molecule has 11 heteroatoms. The second-order valence-electron chi connectivity index (χ2n) is 10.4. The summed E-state index contributed by atoms with van der Waals surface area (Å²) in [5.74, 6) is -3.48. The summed E-state index contributed by atoms with van der Waals surface area (Å²) < 4.78 is 30.4. The normalized spacial score (nSPS) is 25.2.